The fourth-order valence-corrected chi connectivity index (χ4v) is 2.40. The monoisotopic (exact) mass is 218 g/mol. The largest absolute Gasteiger partial charge is 0.459 e. The normalized spacial score (nSPS) is 28.8. The van der Waals surface area contributed by atoms with Gasteiger partial charge in [-0.1, -0.05) is 20.3 Å². The van der Waals surface area contributed by atoms with Crippen LogP contribution in [0.25, 0.3) is 0 Å². The van der Waals surface area contributed by atoms with Gasteiger partial charge >= 0.3 is 5.97 Å². The van der Waals surface area contributed by atoms with E-state index >= 15 is 0 Å². The van der Waals surface area contributed by atoms with E-state index in [0.717, 1.165) is 12.2 Å². The molecule has 3 nitrogen and oxygen atoms in total. The highest BCUT2D eigenvalue weighted by Crippen LogP contribution is 2.21. The molecule has 0 aromatic heterocycles. The van der Waals surface area contributed by atoms with Crippen LogP contribution < -0.4 is 0 Å². The lowest BCUT2D eigenvalue weighted by atomic mass is 10.1. The number of carbonyl (C=O) groups excluding carboxylic acids is 1. The standard InChI is InChI=1S/C10H18O3S/c1-3-7(2)4-10(12)13-9-6-14-5-8(9)11/h7-9,11H,3-6H2,1-2H3. The third kappa shape index (κ3) is 3.50. The van der Waals surface area contributed by atoms with E-state index in [4.69, 9.17) is 4.74 Å². The van der Waals surface area contributed by atoms with Gasteiger partial charge in [0.1, 0.15) is 12.2 Å². The number of esters is 1. The molecule has 0 amide bonds. The lowest BCUT2D eigenvalue weighted by Crippen LogP contribution is -2.30. The van der Waals surface area contributed by atoms with Crippen LogP contribution in [0, 0.1) is 5.92 Å². The fraction of sp³-hybridized carbons (Fsp3) is 0.900. The van der Waals surface area contributed by atoms with Crippen molar-refractivity contribution in [3.63, 3.8) is 0 Å². The molecule has 0 radical (unpaired) electrons. The van der Waals surface area contributed by atoms with Gasteiger partial charge in [-0.25, -0.2) is 0 Å². The van der Waals surface area contributed by atoms with Gasteiger partial charge in [0.15, 0.2) is 0 Å². The summed E-state index contributed by atoms with van der Waals surface area (Å²) >= 11 is 1.63. The van der Waals surface area contributed by atoms with Crippen LogP contribution in [0.4, 0.5) is 0 Å². The predicted octanol–water partition coefficient (Wildman–Crippen LogP) is 1.44. The second-order valence-electron chi connectivity index (χ2n) is 3.85. The van der Waals surface area contributed by atoms with Crippen molar-refractivity contribution >= 4 is 17.7 Å². The minimum atomic E-state index is -0.471. The van der Waals surface area contributed by atoms with E-state index in [9.17, 15) is 9.90 Å². The molecule has 82 valence electrons. The van der Waals surface area contributed by atoms with E-state index in [1.54, 1.807) is 11.8 Å². The van der Waals surface area contributed by atoms with Crippen LogP contribution in [0.15, 0.2) is 0 Å². The third-order valence-electron chi connectivity index (χ3n) is 2.49. The quantitative estimate of drug-likeness (QED) is 0.725. The van der Waals surface area contributed by atoms with Gasteiger partial charge in [-0.05, 0) is 5.92 Å². The molecule has 0 spiro atoms. The SMILES string of the molecule is CCC(C)CC(=O)OC1CSCC1O. The van der Waals surface area contributed by atoms with Crippen LogP contribution in [0.2, 0.25) is 0 Å². The summed E-state index contributed by atoms with van der Waals surface area (Å²) in [5.74, 6) is 1.61. The summed E-state index contributed by atoms with van der Waals surface area (Å²) in [6.45, 7) is 4.08. The van der Waals surface area contributed by atoms with Crippen LogP contribution >= 0.6 is 11.8 Å². The number of aliphatic hydroxyl groups excluding tert-OH is 1. The van der Waals surface area contributed by atoms with Crippen molar-refractivity contribution in [3.8, 4) is 0 Å². The van der Waals surface area contributed by atoms with Crippen molar-refractivity contribution in [1.29, 1.82) is 0 Å². The van der Waals surface area contributed by atoms with Gasteiger partial charge in [0.05, 0.1) is 0 Å². The highest BCUT2D eigenvalue weighted by molar-refractivity contribution is 7.99. The molecule has 1 aliphatic heterocycles. The first-order valence-electron chi connectivity index (χ1n) is 5.08. The van der Waals surface area contributed by atoms with Crippen molar-refractivity contribution in [2.75, 3.05) is 11.5 Å². The van der Waals surface area contributed by atoms with Crippen molar-refractivity contribution in [2.45, 2.75) is 38.9 Å². The first kappa shape index (κ1) is 11.9. The second-order valence-corrected chi connectivity index (χ2v) is 4.93. The smallest absolute Gasteiger partial charge is 0.306 e. The second kappa shape index (κ2) is 5.61. The number of aliphatic hydroxyl groups is 1. The molecule has 1 aliphatic rings. The number of thioether (sulfide) groups is 1. The maximum atomic E-state index is 11.4. The van der Waals surface area contributed by atoms with E-state index in [0.29, 0.717) is 18.1 Å². The molecule has 14 heavy (non-hydrogen) atoms. The molecule has 4 heteroatoms. The van der Waals surface area contributed by atoms with Crippen LogP contribution in [-0.4, -0.2) is 34.8 Å². The Hall–Kier alpha value is -0.220. The maximum absolute atomic E-state index is 11.4. The summed E-state index contributed by atoms with van der Waals surface area (Å²) in [4.78, 5) is 11.4. The Morgan fingerprint density at radius 1 is 1.64 bits per heavy atom. The van der Waals surface area contributed by atoms with Crippen LogP contribution in [0.5, 0.6) is 0 Å². The summed E-state index contributed by atoms with van der Waals surface area (Å²) in [6, 6.07) is 0. The average Bonchev–Trinajstić information content (AvgIpc) is 2.51. The Morgan fingerprint density at radius 2 is 2.36 bits per heavy atom. The topological polar surface area (TPSA) is 46.5 Å². The lowest BCUT2D eigenvalue weighted by Gasteiger charge is -2.16. The molecule has 1 saturated heterocycles. The third-order valence-corrected chi connectivity index (χ3v) is 3.64. The van der Waals surface area contributed by atoms with E-state index < -0.39 is 6.10 Å². The van der Waals surface area contributed by atoms with E-state index in [-0.39, 0.29) is 12.1 Å². The summed E-state index contributed by atoms with van der Waals surface area (Å²) in [5.41, 5.74) is 0. The molecule has 1 fully saturated rings. The van der Waals surface area contributed by atoms with Gasteiger partial charge in [-0.2, -0.15) is 11.8 Å². The zero-order chi connectivity index (χ0) is 10.6. The number of hydrogen-bond donors (Lipinski definition) is 1. The van der Waals surface area contributed by atoms with Gasteiger partial charge in [0, 0.05) is 17.9 Å². The first-order chi connectivity index (χ1) is 6.63. The number of hydrogen-bond acceptors (Lipinski definition) is 4. The molecular weight excluding hydrogens is 200 g/mol. The van der Waals surface area contributed by atoms with Crippen molar-refractivity contribution < 1.29 is 14.6 Å². The maximum Gasteiger partial charge on any atom is 0.306 e. The molecule has 0 aliphatic carbocycles. The molecule has 0 bridgehead atoms. The number of carbonyl (C=O) groups is 1. The Bertz CT molecular complexity index is 196. The summed E-state index contributed by atoms with van der Waals surface area (Å²) in [7, 11) is 0. The molecule has 1 N–H and O–H groups in total. The lowest BCUT2D eigenvalue weighted by molar-refractivity contribution is -0.153. The molecule has 1 heterocycles. The summed E-state index contributed by atoms with van der Waals surface area (Å²) in [6.07, 6.45) is 0.694. The molecule has 3 atom stereocenters. The molecular formula is C10H18O3S. The molecule has 1 rings (SSSR count). The Labute approximate surface area is 89.2 Å². The van der Waals surface area contributed by atoms with E-state index in [2.05, 4.69) is 6.92 Å². The van der Waals surface area contributed by atoms with Gasteiger partial charge in [-0.15, -0.1) is 0 Å². The molecule has 3 unspecified atom stereocenters. The predicted molar refractivity (Wildman–Crippen MR) is 57.3 cm³/mol. The Morgan fingerprint density at radius 3 is 2.86 bits per heavy atom. The van der Waals surface area contributed by atoms with Crippen LogP contribution in [-0.2, 0) is 9.53 Å². The van der Waals surface area contributed by atoms with Gasteiger partial charge < -0.3 is 9.84 Å². The fourth-order valence-electron chi connectivity index (χ4n) is 1.28. The average molecular weight is 218 g/mol. The summed E-state index contributed by atoms with van der Waals surface area (Å²) < 4.78 is 5.19. The Kier molecular flexibility index (Phi) is 4.75. The van der Waals surface area contributed by atoms with Crippen molar-refractivity contribution in [1.82, 2.24) is 0 Å². The molecule has 0 aromatic rings. The zero-order valence-corrected chi connectivity index (χ0v) is 9.55. The minimum Gasteiger partial charge on any atom is -0.459 e. The summed E-state index contributed by atoms with van der Waals surface area (Å²) in [5, 5.41) is 9.43. The molecule has 0 aromatic carbocycles. The van der Waals surface area contributed by atoms with E-state index in [1.807, 2.05) is 6.92 Å². The first-order valence-corrected chi connectivity index (χ1v) is 6.24. The van der Waals surface area contributed by atoms with Gasteiger partial charge in [0.2, 0.25) is 0 Å². The number of rotatable bonds is 4. The van der Waals surface area contributed by atoms with Crippen molar-refractivity contribution in [2.24, 2.45) is 5.92 Å². The molecule has 0 saturated carbocycles. The van der Waals surface area contributed by atoms with Crippen LogP contribution in [0.1, 0.15) is 26.7 Å². The highest BCUT2D eigenvalue weighted by Gasteiger charge is 2.29. The highest BCUT2D eigenvalue weighted by atomic mass is 32.2. The van der Waals surface area contributed by atoms with Gasteiger partial charge in [-0.3, -0.25) is 4.79 Å². The van der Waals surface area contributed by atoms with Gasteiger partial charge in [0.25, 0.3) is 0 Å². The van der Waals surface area contributed by atoms with Crippen molar-refractivity contribution in [3.05, 3.63) is 0 Å². The van der Waals surface area contributed by atoms with Crippen LogP contribution in [0.3, 0.4) is 0 Å². The minimum absolute atomic E-state index is 0.175. The van der Waals surface area contributed by atoms with E-state index in [1.165, 1.54) is 0 Å². The number of ether oxygens (including phenoxy) is 1. The Balaban J connectivity index is 2.26. The zero-order valence-electron chi connectivity index (χ0n) is 8.73.